The zero-order valence-corrected chi connectivity index (χ0v) is 21.2. The SMILES string of the molecule is Cc1ccc2c(c1)sc1cc3c(cc12)B(c1ccccc1)c1cc2c(cc1-3)sc1cc(C)ccc12. The predicted molar refractivity (Wildman–Crippen MR) is 158 cm³/mol. The van der Waals surface area contributed by atoms with E-state index in [-0.39, 0.29) is 6.71 Å². The lowest BCUT2D eigenvalue weighted by atomic mass is 9.39. The van der Waals surface area contributed by atoms with Gasteiger partial charge in [-0.25, -0.2) is 0 Å². The van der Waals surface area contributed by atoms with Crippen molar-refractivity contribution in [1.82, 2.24) is 0 Å². The third-order valence-corrected chi connectivity index (χ3v) is 9.87. The molecule has 0 fully saturated rings. The van der Waals surface area contributed by atoms with Crippen LogP contribution in [0.1, 0.15) is 11.1 Å². The Balaban J connectivity index is 1.47. The quantitative estimate of drug-likeness (QED) is 0.213. The summed E-state index contributed by atoms with van der Waals surface area (Å²) in [6.45, 7) is 4.63. The minimum Gasteiger partial charge on any atom is -0.135 e. The molecule has 164 valence electrons. The van der Waals surface area contributed by atoms with Crippen molar-refractivity contribution in [2.45, 2.75) is 13.8 Å². The van der Waals surface area contributed by atoms with Gasteiger partial charge in [-0.1, -0.05) is 83.1 Å². The fraction of sp³-hybridized carbons (Fsp3) is 0.0625. The van der Waals surface area contributed by atoms with Crippen LogP contribution in [0, 0.1) is 13.8 Å². The molecule has 1 aliphatic rings. The van der Waals surface area contributed by atoms with Gasteiger partial charge >= 0.3 is 0 Å². The third-order valence-electron chi connectivity index (χ3n) is 7.64. The monoisotopic (exact) mass is 480 g/mol. The van der Waals surface area contributed by atoms with E-state index < -0.39 is 0 Å². The average Bonchev–Trinajstić information content (AvgIpc) is 3.49. The third kappa shape index (κ3) is 2.80. The highest BCUT2D eigenvalue weighted by molar-refractivity contribution is 7.26. The minimum absolute atomic E-state index is 0.260. The maximum absolute atomic E-state index is 2.49. The summed E-state index contributed by atoms with van der Waals surface area (Å²) in [5, 5.41) is 5.53. The van der Waals surface area contributed by atoms with Crippen LogP contribution in [0.2, 0.25) is 0 Å². The largest absolute Gasteiger partial charge is 0.242 e. The van der Waals surface area contributed by atoms with Gasteiger partial charge in [0.2, 0.25) is 6.71 Å². The molecule has 0 aliphatic carbocycles. The lowest BCUT2D eigenvalue weighted by Crippen LogP contribution is -2.48. The van der Waals surface area contributed by atoms with Crippen molar-refractivity contribution in [3.05, 3.63) is 102 Å². The molecule has 1 aliphatic heterocycles. The van der Waals surface area contributed by atoms with E-state index in [1.165, 1.54) is 79.0 Å². The van der Waals surface area contributed by atoms with Crippen molar-refractivity contribution in [1.29, 1.82) is 0 Å². The molecule has 3 heteroatoms. The average molecular weight is 480 g/mol. The summed E-state index contributed by atoms with van der Waals surface area (Å²) in [5.41, 5.74) is 9.71. The summed E-state index contributed by atoms with van der Waals surface area (Å²) in [6, 6.07) is 34.7. The zero-order chi connectivity index (χ0) is 23.3. The summed E-state index contributed by atoms with van der Waals surface area (Å²) in [7, 11) is 0. The molecule has 0 atom stereocenters. The normalized spacial score (nSPS) is 12.8. The van der Waals surface area contributed by atoms with Crippen LogP contribution in [-0.4, -0.2) is 6.71 Å². The summed E-state index contributed by atoms with van der Waals surface area (Å²) in [5.74, 6) is 0. The molecule has 7 aromatic rings. The van der Waals surface area contributed by atoms with Gasteiger partial charge in [-0.2, -0.15) is 0 Å². The summed E-state index contributed by atoms with van der Waals surface area (Å²) >= 11 is 3.85. The molecular formula is C32H21BS2. The highest BCUT2D eigenvalue weighted by Crippen LogP contribution is 2.40. The van der Waals surface area contributed by atoms with Crippen LogP contribution in [0.5, 0.6) is 0 Å². The Labute approximate surface area is 212 Å². The van der Waals surface area contributed by atoms with E-state index in [9.17, 15) is 0 Å². The number of fused-ring (bicyclic) bond motifs is 9. The Morgan fingerprint density at radius 3 is 1.49 bits per heavy atom. The Kier molecular flexibility index (Phi) is 4.01. The standard InChI is InChI=1S/C32H21BS2/c1-18-8-10-21-25-14-27-23(16-31(25)34-29(21)12-18)24-17-32-26(22-11-9-19(2)13-30(22)35-32)15-28(24)33(27)20-6-4-3-5-7-20/h3-17H,1-2H3. The fourth-order valence-corrected chi connectivity index (χ4v) is 8.46. The van der Waals surface area contributed by atoms with E-state index in [0.717, 1.165) is 0 Å². The first-order valence-corrected chi connectivity index (χ1v) is 13.8. The van der Waals surface area contributed by atoms with Crippen molar-refractivity contribution < 1.29 is 0 Å². The predicted octanol–water partition coefficient (Wildman–Crippen LogP) is 7.54. The van der Waals surface area contributed by atoms with Gasteiger partial charge < -0.3 is 0 Å². The van der Waals surface area contributed by atoms with Crippen molar-refractivity contribution in [2.24, 2.45) is 0 Å². The molecule has 0 saturated carbocycles. The van der Waals surface area contributed by atoms with E-state index in [2.05, 4.69) is 105 Å². The molecule has 0 bridgehead atoms. The first-order chi connectivity index (χ1) is 17.1. The van der Waals surface area contributed by atoms with E-state index in [4.69, 9.17) is 0 Å². The van der Waals surface area contributed by atoms with Crippen LogP contribution in [0.3, 0.4) is 0 Å². The number of thiophene rings is 2. The maximum atomic E-state index is 2.49. The maximum Gasteiger partial charge on any atom is 0.242 e. The molecule has 35 heavy (non-hydrogen) atoms. The summed E-state index contributed by atoms with van der Waals surface area (Å²) in [4.78, 5) is 0. The van der Waals surface area contributed by atoms with Gasteiger partial charge in [0.05, 0.1) is 0 Å². The van der Waals surface area contributed by atoms with Crippen molar-refractivity contribution in [3.8, 4) is 11.1 Å². The minimum atomic E-state index is 0.260. The van der Waals surface area contributed by atoms with Crippen LogP contribution in [0.15, 0.2) is 91.0 Å². The van der Waals surface area contributed by atoms with Gasteiger partial charge in [-0.3, -0.25) is 0 Å². The molecule has 0 saturated heterocycles. The highest BCUT2D eigenvalue weighted by atomic mass is 32.1. The molecule has 2 aromatic heterocycles. The van der Waals surface area contributed by atoms with Gasteiger partial charge in [0.25, 0.3) is 0 Å². The molecule has 8 rings (SSSR count). The first-order valence-electron chi connectivity index (χ1n) is 12.1. The van der Waals surface area contributed by atoms with E-state index in [1.807, 2.05) is 22.7 Å². The van der Waals surface area contributed by atoms with Crippen LogP contribution in [0.4, 0.5) is 0 Å². The number of rotatable bonds is 1. The van der Waals surface area contributed by atoms with Crippen molar-refractivity contribution >= 4 is 86.1 Å². The van der Waals surface area contributed by atoms with Gasteiger partial charge in [0, 0.05) is 29.6 Å². The van der Waals surface area contributed by atoms with Crippen molar-refractivity contribution in [2.75, 3.05) is 0 Å². The molecule has 5 aromatic carbocycles. The first kappa shape index (κ1) is 19.9. The molecule has 0 amide bonds. The second-order valence-corrected chi connectivity index (χ2v) is 12.1. The fourth-order valence-electron chi connectivity index (χ4n) is 6.01. The topological polar surface area (TPSA) is 0 Å². The van der Waals surface area contributed by atoms with Gasteiger partial charge in [0.1, 0.15) is 0 Å². The Hall–Kier alpha value is -3.40. The van der Waals surface area contributed by atoms with E-state index in [1.54, 1.807) is 0 Å². The van der Waals surface area contributed by atoms with Crippen molar-refractivity contribution in [3.63, 3.8) is 0 Å². The number of hydrogen-bond acceptors (Lipinski definition) is 2. The van der Waals surface area contributed by atoms with Crippen LogP contribution in [-0.2, 0) is 0 Å². The van der Waals surface area contributed by atoms with Gasteiger partial charge in [0.15, 0.2) is 0 Å². The lowest BCUT2D eigenvalue weighted by Gasteiger charge is -2.11. The molecule has 3 heterocycles. The molecule has 0 radical (unpaired) electrons. The van der Waals surface area contributed by atoms with Crippen LogP contribution < -0.4 is 16.4 Å². The second kappa shape index (κ2) is 7.07. The smallest absolute Gasteiger partial charge is 0.135 e. The van der Waals surface area contributed by atoms with Gasteiger partial charge in [-0.15, -0.1) is 22.7 Å². The molecule has 0 nitrogen and oxygen atoms in total. The number of benzene rings is 5. The molecular weight excluding hydrogens is 459 g/mol. The Bertz CT molecular complexity index is 1850. The number of aryl methyl sites for hydroxylation is 2. The molecule has 0 N–H and O–H groups in total. The molecule has 0 unspecified atom stereocenters. The molecule has 0 spiro atoms. The highest BCUT2D eigenvalue weighted by Gasteiger charge is 2.34. The number of hydrogen-bond donors (Lipinski definition) is 0. The summed E-state index contributed by atoms with van der Waals surface area (Å²) < 4.78 is 5.54. The van der Waals surface area contributed by atoms with Crippen LogP contribution in [0.25, 0.3) is 51.5 Å². The van der Waals surface area contributed by atoms with E-state index in [0.29, 0.717) is 0 Å². The second-order valence-electron chi connectivity index (χ2n) is 9.92. The van der Waals surface area contributed by atoms with Crippen LogP contribution >= 0.6 is 22.7 Å². The van der Waals surface area contributed by atoms with Gasteiger partial charge in [-0.05, 0) is 71.1 Å². The zero-order valence-electron chi connectivity index (χ0n) is 19.6. The Morgan fingerprint density at radius 2 is 0.971 bits per heavy atom. The summed E-state index contributed by atoms with van der Waals surface area (Å²) in [6.07, 6.45) is 0. The Morgan fingerprint density at radius 1 is 0.486 bits per heavy atom. The lowest BCUT2D eigenvalue weighted by molar-refractivity contribution is 1.52. The van der Waals surface area contributed by atoms with E-state index >= 15 is 0 Å².